The number of nitrogens with zero attached hydrogens (tertiary/aromatic N) is 4. The summed E-state index contributed by atoms with van der Waals surface area (Å²) in [5.74, 6) is 3.18. The Labute approximate surface area is 251 Å². The molecule has 0 spiro atoms. The second-order valence-corrected chi connectivity index (χ2v) is 10.7. The summed E-state index contributed by atoms with van der Waals surface area (Å²) in [7, 11) is 0. The number of para-hydroxylation sites is 1. The first-order valence-electron chi connectivity index (χ1n) is 14.2. The Balaban J connectivity index is 1.40. The van der Waals surface area contributed by atoms with Crippen molar-refractivity contribution in [3.8, 4) is 41.3 Å². The van der Waals surface area contributed by atoms with E-state index in [0.29, 0.717) is 22.7 Å². The molecule has 43 heavy (non-hydrogen) atoms. The van der Waals surface area contributed by atoms with Crippen LogP contribution in [0.15, 0.2) is 115 Å². The number of nitriles is 2. The number of rotatable bonds is 4. The standard InChI is InChI=1S/C39H26N4/c1-3-10-32-35-21-26(24-40)17-18-39(35)43(36(32)4-2)31-20-27(25-41)19-29(23-31)28-11-9-12-30(22-28)42-37-15-7-5-13-33(37)34-14-6-8-16-38(34)42/h2-3,5-23,33,37H,1H3/b10-3-. The monoisotopic (exact) mass is 550 g/mol. The summed E-state index contributed by atoms with van der Waals surface area (Å²) in [6.45, 7) is 1.94. The maximum absolute atomic E-state index is 10.1. The minimum absolute atomic E-state index is 0.200. The van der Waals surface area contributed by atoms with Gasteiger partial charge < -0.3 is 9.47 Å². The molecule has 0 saturated heterocycles. The maximum atomic E-state index is 10.1. The van der Waals surface area contributed by atoms with Crippen LogP contribution in [0.5, 0.6) is 0 Å². The van der Waals surface area contributed by atoms with Crippen molar-refractivity contribution in [2.75, 3.05) is 4.90 Å². The van der Waals surface area contributed by atoms with Crippen LogP contribution in [0.2, 0.25) is 0 Å². The molecular formula is C39H26N4. The molecule has 0 amide bonds. The van der Waals surface area contributed by atoms with Crippen LogP contribution in [0.25, 0.3) is 33.8 Å². The van der Waals surface area contributed by atoms with Crippen LogP contribution in [-0.4, -0.2) is 10.6 Å². The SMILES string of the molecule is C#Cc1c(/C=C\C)c2cc(C#N)ccc2n1-c1cc(C#N)cc(-c2cccc(N3c4ccccc4C4C=CC=CC43)c2)c1. The molecule has 2 atom stereocenters. The second kappa shape index (κ2) is 10.4. The summed E-state index contributed by atoms with van der Waals surface area (Å²) >= 11 is 0. The van der Waals surface area contributed by atoms with E-state index in [-0.39, 0.29) is 6.04 Å². The highest BCUT2D eigenvalue weighted by atomic mass is 15.2. The van der Waals surface area contributed by atoms with Crippen molar-refractivity contribution in [2.45, 2.75) is 18.9 Å². The van der Waals surface area contributed by atoms with Crippen molar-refractivity contribution in [1.82, 2.24) is 4.57 Å². The molecule has 0 saturated carbocycles. The van der Waals surface area contributed by atoms with E-state index in [1.54, 1.807) is 6.07 Å². The quantitative estimate of drug-likeness (QED) is 0.210. The predicted molar refractivity (Wildman–Crippen MR) is 174 cm³/mol. The van der Waals surface area contributed by atoms with Crippen LogP contribution in [0.1, 0.15) is 40.8 Å². The first-order chi connectivity index (χ1) is 21.1. The molecular weight excluding hydrogens is 524 g/mol. The Bertz CT molecular complexity index is 2150. The number of hydrogen-bond donors (Lipinski definition) is 0. The number of hydrogen-bond acceptors (Lipinski definition) is 3. The van der Waals surface area contributed by atoms with Crippen LogP contribution >= 0.6 is 0 Å². The number of allylic oxidation sites excluding steroid dienone is 3. The summed E-state index contributed by atoms with van der Waals surface area (Å²) in [4.78, 5) is 2.41. The van der Waals surface area contributed by atoms with Crippen molar-refractivity contribution in [1.29, 1.82) is 10.5 Å². The minimum atomic E-state index is 0.200. The van der Waals surface area contributed by atoms with Crippen molar-refractivity contribution in [3.63, 3.8) is 0 Å². The van der Waals surface area contributed by atoms with Crippen molar-refractivity contribution in [2.24, 2.45) is 0 Å². The molecule has 0 fully saturated rings. The van der Waals surface area contributed by atoms with Crippen LogP contribution in [0.4, 0.5) is 11.4 Å². The van der Waals surface area contributed by atoms with Crippen molar-refractivity contribution >= 4 is 28.4 Å². The van der Waals surface area contributed by atoms with Gasteiger partial charge in [0.1, 0.15) is 5.69 Å². The summed E-state index contributed by atoms with van der Waals surface area (Å²) in [6, 6.07) is 33.4. The number of fused-ring (bicyclic) bond motifs is 4. The fourth-order valence-corrected chi connectivity index (χ4v) is 6.53. The second-order valence-electron chi connectivity index (χ2n) is 10.7. The van der Waals surface area contributed by atoms with Gasteiger partial charge in [-0.15, -0.1) is 6.42 Å². The van der Waals surface area contributed by atoms with Crippen LogP contribution in [0, 0.1) is 35.0 Å². The van der Waals surface area contributed by atoms with E-state index < -0.39 is 0 Å². The number of anilines is 2. The zero-order chi connectivity index (χ0) is 29.5. The lowest BCUT2D eigenvalue weighted by atomic mass is 9.91. The lowest BCUT2D eigenvalue weighted by Crippen LogP contribution is -2.28. The van der Waals surface area contributed by atoms with E-state index in [1.807, 2.05) is 47.9 Å². The van der Waals surface area contributed by atoms with Gasteiger partial charge in [-0.3, -0.25) is 0 Å². The molecule has 0 radical (unpaired) electrons. The fraction of sp³-hybridized carbons (Fsp3) is 0.0769. The third-order valence-corrected chi connectivity index (χ3v) is 8.33. The fourth-order valence-electron chi connectivity index (χ4n) is 6.53. The molecule has 2 heterocycles. The van der Waals surface area contributed by atoms with Crippen LogP contribution in [0.3, 0.4) is 0 Å². The van der Waals surface area contributed by atoms with Crippen molar-refractivity contribution < 1.29 is 0 Å². The summed E-state index contributed by atoms with van der Waals surface area (Å²) in [5, 5.41) is 20.5. The van der Waals surface area contributed by atoms with Gasteiger partial charge in [-0.2, -0.15) is 10.5 Å². The first kappa shape index (κ1) is 25.9. The van der Waals surface area contributed by atoms with Gasteiger partial charge in [-0.25, -0.2) is 0 Å². The van der Waals surface area contributed by atoms with Crippen LogP contribution < -0.4 is 4.90 Å². The predicted octanol–water partition coefficient (Wildman–Crippen LogP) is 8.79. The molecule has 2 aliphatic rings. The van der Waals surface area contributed by atoms with Crippen LogP contribution in [-0.2, 0) is 0 Å². The summed E-state index contributed by atoms with van der Waals surface area (Å²) < 4.78 is 2.01. The molecule has 7 rings (SSSR count). The van der Waals surface area contributed by atoms with Gasteiger partial charge in [0.2, 0.25) is 0 Å². The largest absolute Gasteiger partial charge is 0.333 e. The smallest absolute Gasteiger partial charge is 0.105 e. The zero-order valence-corrected chi connectivity index (χ0v) is 23.6. The van der Waals surface area contributed by atoms with E-state index in [1.165, 1.54) is 11.3 Å². The van der Waals surface area contributed by atoms with E-state index in [4.69, 9.17) is 6.42 Å². The van der Waals surface area contributed by atoms with Gasteiger partial charge in [0, 0.05) is 33.9 Å². The molecule has 0 N–H and O–H groups in total. The van der Waals surface area contributed by atoms with Gasteiger partial charge in [0.15, 0.2) is 0 Å². The lowest BCUT2D eigenvalue weighted by molar-refractivity contribution is 0.745. The van der Waals surface area contributed by atoms with E-state index in [9.17, 15) is 10.5 Å². The van der Waals surface area contributed by atoms with Gasteiger partial charge >= 0.3 is 0 Å². The Hall–Kier alpha value is -6.02. The number of aromatic nitrogens is 1. The molecule has 4 heteroatoms. The van der Waals surface area contributed by atoms with Gasteiger partial charge in [-0.1, -0.05) is 72.7 Å². The Morgan fingerprint density at radius 1 is 0.791 bits per heavy atom. The average Bonchev–Trinajstić information content (AvgIpc) is 3.56. The molecule has 1 aromatic heterocycles. The highest BCUT2D eigenvalue weighted by Crippen LogP contribution is 2.48. The molecule has 4 nitrogen and oxygen atoms in total. The summed E-state index contributed by atoms with van der Waals surface area (Å²) in [5.41, 5.74) is 9.89. The molecule has 1 aliphatic heterocycles. The van der Waals surface area contributed by atoms with E-state index >= 15 is 0 Å². The molecule has 0 bridgehead atoms. The van der Waals surface area contributed by atoms with E-state index in [0.717, 1.165) is 39.0 Å². The third kappa shape index (κ3) is 4.16. The summed E-state index contributed by atoms with van der Waals surface area (Å²) in [6.07, 6.45) is 18.8. The third-order valence-electron chi connectivity index (χ3n) is 8.33. The molecule has 1 aliphatic carbocycles. The average molecular weight is 551 g/mol. The Kier molecular flexibility index (Phi) is 6.28. The molecule has 4 aromatic carbocycles. The number of benzene rings is 4. The van der Waals surface area contributed by atoms with Gasteiger partial charge in [0.05, 0.1) is 34.8 Å². The normalized spacial score (nSPS) is 16.6. The molecule has 202 valence electrons. The first-order valence-corrected chi connectivity index (χ1v) is 14.2. The highest BCUT2D eigenvalue weighted by Gasteiger charge is 2.37. The maximum Gasteiger partial charge on any atom is 0.105 e. The van der Waals surface area contributed by atoms with Gasteiger partial charge in [-0.05, 0) is 78.2 Å². The molecule has 2 unspecified atom stereocenters. The lowest BCUT2D eigenvalue weighted by Gasteiger charge is -2.29. The Morgan fingerprint density at radius 2 is 1.60 bits per heavy atom. The minimum Gasteiger partial charge on any atom is -0.333 e. The van der Waals surface area contributed by atoms with Gasteiger partial charge in [0.25, 0.3) is 0 Å². The van der Waals surface area contributed by atoms with E-state index in [2.05, 4.69) is 102 Å². The number of terminal acetylenes is 1. The zero-order valence-electron chi connectivity index (χ0n) is 23.6. The highest BCUT2D eigenvalue weighted by molar-refractivity contribution is 5.95. The van der Waals surface area contributed by atoms with Crippen molar-refractivity contribution in [3.05, 3.63) is 143 Å². The Morgan fingerprint density at radius 3 is 2.42 bits per heavy atom. The molecule has 5 aromatic rings. The topological polar surface area (TPSA) is 55.8 Å².